The fourth-order valence-electron chi connectivity index (χ4n) is 2.21. The first-order valence-corrected chi connectivity index (χ1v) is 7.66. The van der Waals surface area contributed by atoms with Crippen molar-refractivity contribution in [2.75, 3.05) is 18.1 Å². The van der Waals surface area contributed by atoms with Gasteiger partial charge in [0.1, 0.15) is 0 Å². The number of carbonyl (C=O) groups excluding carboxylic acids is 3. The van der Waals surface area contributed by atoms with Gasteiger partial charge in [-0.1, -0.05) is 0 Å². The summed E-state index contributed by atoms with van der Waals surface area (Å²) in [5.41, 5.74) is -2.46. The van der Waals surface area contributed by atoms with Crippen LogP contribution in [0.3, 0.4) is 0 Å². The summed E-state index contributed by atoms with van der Waals surface area (Å²) in [6, 6.07) is 0. The molecule has 2 atom stereocenters. The molecule has 0 aliphatic carbocycles. The van der Waals surface area contributed by atoms with Crippen molar-refractivity contribution in [2.45, 2.75) is 38.5 Å². The lowest BCUT2D eigenvalue weighted by Gasteiger charge is -2.38. The van der Waals surface area contributed by atoms with E-state index in [9.17, 15) is 24.5 Å². The third-order valence-corrected chi connectivity index (χ3v) is 4.12. The van der Waals surface area contributed by atoms with Crippen LogP contribution in [0.4, 0.5) is 0 Å². The number of hydrogen-bond acceptors (Lipinski definition) is 9. The van der Waals surface area contributed by atoms with Gasteiger partial charge in [-0.15, -0.1) is 0 Å². The third kappa shape index (κ3) is 3.49. The Morgan fingerprint density at radius 1 is 1.18 bits per heavy atom. The van der Waals surface area contributed by atoms with E-state index in [-0.39, 0.29) is 18.1 Å². The molecule has 124 valence electrons. The van der Waals surface area contributed by atoms with E-state index in [1.54, 1.807) is 0 Å². The number of carbonyl (C=O) groups is 3. The van der Waals surface area contributed by atoms with E-state index in [0.717, 1.165) is 13.8 Å². The molecule has 10 heteroatoms. The summed E-state index contributed by atoms with van der Waals surface area (Å²) < 4.78 is 14.7. The largest absolute Gasteiger partial charge is 0.460 e. The van der Waals surface area contributed by atoms with Crippen LogP contribution in [0.1, 0.15) is 20.8 Å². The Kier molecular flexibility index (Phi) is 6.15. The standard InChI is InChI=1S/C12H17NO8S/c1-4-19-11(16)12(13(17)18)9(20-7(2)14)5-22-6-10(12)21-8(3)15/h9-10H,4-6H2,1-3H3/t9-,10-/m0/s1. The van der Waals surface area contributed by atoms with Crippen LogP contribution in [0, 0.1) is 10.1 Å². The Morgan fingerprint density at radius 3 is 1.95 bits per heavy atom. The predicted molar refractivity (Wildman–Crippen MR) is 74.8 cm³/mol. The Bertz CT molecular complexity index is 456. The fourth-order valence-corrected chi connectivity index (χ4v) is 3.42. The molecule has 22 heavy (non-hydrogen) atoms. The number of esters is 3. The molecule has 0 aromatic rings. The van der Waals surface area contributed by atoms with Crippen LogP contribution in [-0.4, -0.2) is 58.7 Å². The van der Waals surface area contributed by atoms with E-state index in [1.807, 2.05) is 0 Å². The minimum Gasteiger partial charge on any atom is -0.460 e. The molecule has 0 amide bonds. The molecule has 0 unspecified atom stereocenters. The van der Waals surface area contributed by atoms with Crippen molar-refractivity contribution >= 4 is 29.7 Å². The minimum absolute atomic E-state index is 0.0249. The highest BCUT2D eigenvalue weighted by molar-refractivity contribution is 7.99. The fraction of sp³-hybridized carbons (Fsp3) is 0.750. The average Bonchev–Trinajstić information content (AvgIpc) is 2.37. The van der Waals surface area contributed by atoms with E-state index >= 15 is 0 Å². The zero-order chi connectivity index (χ0) is 16.9. The summed E-state index contributed by atoms with van der Waals surface area (Å²) in [7, 11) is 0. The van der Waals surface area contributed by atoms with Gasteiger partial charge < -0.3 is 14.2 Å². The van der Waals surface area contributed by atoms with Crippen molar-refractivity contribution in [3.8, 4) is 0 Å². The van der Waals surface area contributed by atoms with Gasteiger partial charge in [-0.25, -0.2) is 4.79 Å². The van der Waals surface area contributed by atoms with Crippen molar-refractivity contribution in [3.63, 3.8) is 0 Å². The van der Waals surface area contributed by atoms with Gasteiger partial charge in [0.15, 0.2) is 12.2 Å². The van der Waals surface area contributed by atoms with E-state index in [4.69, 9.17) is 14.2 Å². The summed E-state index contributed by atoms with van der Waals surface area (Å²) in [5.74, 6) is -2.68. The molecule has 0 spiro atoms. The summed E-state index contributed by atoms with van der Waals surface area (Å²) in [5, 5.41) is 11.7. The molecular formula is C12H17NO8S. The zero-order valence-electron chi connectivity index (χ0n) is 12.4. The smallest absolute Gasteiger partial charge is 0.393 e. The van der Waals surface area contributed by atoms with E-state index in [1.165, 1.54) is 18.7 Å². The Labute approximate surface area is 130 Å². The Balaban J connectivity index is 3.35. The van der Waals surface area contributed by atoms with Crippen LogP contribution >= 0.6 is 11.8 Å². The second-order valence-corrected chi connectivity index (χ2v) is 5.61. The molecule has 0 radical (unpaired) electrons. The van der Waals surface area contributed by atoms with E-state index < -0.39 is 40.6 Å². The molecule has 1 heterocycles. The van der Waals surface area contributed by atoms with Gasteiger partial charge in [-0.2, -0.15) is 11.8 Å². The Morgan fingerprint density at radius 2 is 1.64 bits per heavy atom. The van der Waals surface area contributed by atoms with Crippen molar-refractivity contribution in [2.24, 2.45) is 0 Å². The van der Waals surface area contributed by atoms with Crippen LogP contribution in [0.15, 0.2) is 0 Å². The molecule has 1 saturated heterocycles. The number of nitro groups is 1. The topological polar surface area (TPSA) is 122 Å². The maximum atomic E-state index is 12.3. The first-order valence-electron chi connectivity index (χ1n) is 6.50. The number of hydrogen-bond donors (Lipinski definition) is 0. The summed E-state index contributed by atoms with van der Waals surface area (Å²) >= 11 is 1.18. The summed E-state index contributed by atoms with van der Waals surface area (Å²) in [6.07, 6.45) is -2.77. The van der Waals surface area contributed by atoms with Gasteiger partial charge in [0.25, 0.3) is 0 Å². The van der Waals surface area contributed by atoms with Crippen molar-refractivity contribution in [1.29, 1.82) is 0 Å². The quantitative estimate of drug-likeness (QED) is 0.299. The maximum absolute atomic E-state index is 12.3. The maximum Gasteiger partial charge on any atom is 0.393 e. The van der Waals surface area contributed by atoms with Crippen LogP contribution in [0.25, 0.3) is 0 Å². The molecular weight excluding hydrogens is 318 g/mol. The molecule has 0 bridgehead atoms. The van der Waals surface area contributed by atoms with Gasteiger partial charge in [-0.05, 0) is 6.92 Å². The Hall–Kier alpha value is -1.84. The van der Waals surface area contributed by atoms with Gasteiger partial charge in [0.2, 0.25) is 0 Å². The normalized spacial score (nSPS) is 23.2. The summed E-state index contributed by atoms with van der Waals surface area (Å²) in [4.78, 5) is 45.5. The third-order valence-electron chi connectivity index (χ3n) is 3.04. The van der Waals surface area contributed by atoms with Crippen LogP contribution < -0.4 is 0 Å². The molecule has 1 aliphatic heterocycles. The highest BCUT2D eigenvalue weighted by atomic mass is 32.2. The lowest BCUT2D eigenvalue weighted by Crippen LogP contribution is -2.69. The van der Waals surface area contributed by atoms with Crippen molar-refractivity contribution < 1.29 is 33.5 Å². The summed E-state index contributed by atoms with van der Waals surface area (Å²) in [6.45, 7) is 3.55. The second-order valence-electron chi connectivity index (χ2n) is 4.54. The zero-order valence-corrected chi connectivity index (χ0v) is 13.2. The van der Waals surface area contributed by atoms with Crippen LogP contribution in [-0.2, 0) is 28.6 Å². The number of ether oxygens (including phenoxy) is 3. The molecule has 1 rings (SSSR count). The van der Waals surface area contributed by atoms with Gasteiger partial charge in [0.05, 0.1) is 6.61 Å². The van der Waals surface area contributed by atoms with Crippen molar-refractivity contribution in [1.82, 2.24) is 0 Å². The van der Waals surface area contributed by atoms with Crippen molar-refractivity contribution in [3.05, 3.63) is 10.1 Å². The molecule has 1 fully saturated rings. The van der Waals surface area contributed by atoms with Gasteiger partial charge >= 0.3 is 23.4 Å². The lowest BCUT2D eigenvalue weighted by molar-refractivity contribution is -0.577. The van der Waals surface area contributed by atoms with Gasteiger partial charge in [0, 0.05) is 30.3 Å². The average molecular weight is 335 g/mol. The second kappa shape index (κ2) is 7.43. The molecule has 0 aromatic heterocycles. The molecule has 1 aliphatic rings. The highest BCUT2D eigenvalue weighted by Gasteiger charge is 2.69. The first kappa shape index (κ1) is 18.2. The molecule has 9 nitrogen and oxygen atoms in total. The SMILES string of the molecule is CCOC(=O)C1([N+](=O)[O-])[C@@H](OC(C)=O)CSC[C@@H]1OC(C)=O. The van der Waals surface area contributed by atoms with Crippen LogP contribution in [0.2, 0.25) is 0 Å². The van der Waals surface area contributed by atoms with Gasteiger partial charge in [-0.3, -0.25) is 19.7 Å². The highest BCUT2D eigenvalue weighted by Crippen LogP contribution is 2.36. The first-order chi connectivity index (χ1) is 10.3. The number of thioether (sulfide) groups is 1. The van der Waals surface area contributed by atoms with E-state index in [2.05, 4.69) is 0 Å². The van der Waals surface area contributed by atoms with E-state index in [0.29, 0.717) is 0 Å². The minimum atomic E-state index is -2.46. The number of rotatable bonds is 5. The molecule has 0 aromatic carbocycles. The lowest BCUT2D eigenvalue weighted by atomic mass is 9.87. The predicted octanol–water partition coefficient (Wildman–Crippen LogP) is 0.175. The van der Waals surface area contributed by atoms with Crippen LogP contribution in [0.5, 0.6) is 0 Å². The monoisotopic (exact) mass is 335 g/mol. The molecule has 0 saturated carbocycles. The molecule has 0 N–H and O–H groups in total. The number of nitrogens with zero attached hydrogens (tertiary/aromatic N) is 1.